The van der Waals surface area contributed by atoms with Gasteiger partial charge in [-0.1, -0.05) is 30.3 Å². The molecule has 27 heavy (non-hydrogen) atoms. The Morgan fingerprint density at radius 1 is 0.852 bits per heavy atom. The highest BCUT2D eigenvalue weighted by Gasteiger charge is 2.17. The van der Waals surface area contributed by atoms with E-state index in [1.165, 1.54) is 0 Å². The maximum Gasteiger partial charge on any atom is 0.258 e. The molecule has 3 rings (SSSR count). The highest BCUT2D eigenvalue weighted by Crippen LogP contribution is 2.31. The number of rotatable bonds is 6. The zero-order valence-corrected chi connectivity index (χ0v) is 14.4. The van der Waals surface area contributed by atoms with E-state index >= 15 is 0 Å². The van der Waals surface area contributed by atoms with Crippen molar-refractivity contribution in [1.29, 1.82) is 0 Å². The van der Waals surface area contributed by atoms with Gasteiger partial charge in [-0.2, -0.15) is 0 Å². The minimum atomic E-state index is -0.617. The van der Waals surface area contributed by atoms with Gasteiger partial charge in [-0.3, -0.25) is 4.79 Å². The van der Waals surface area contributed by atoms with Gasteiger partial charge >= 0.3 is 0 Å². The van der Waals surface area contributed by atoms with Gasteiger partial charge in [-0.15, -0.1) is 0 Å². The lowest BCUT2D eigenvalue weighted by molar-refractivity contribution is 0.0948. The first-order valence-corrected chi connectivity index (χ1v) is 8.38. The van der Waals surface area contributed by atoms with Gasteiger partial charge in [-0.25, -0.2) is 0 Å². The molecule has 0 radical (unpaired) electrons. The Morgan fingerprint density at radius 2 is 1.44 bits per heavy atom. The van der Waals surface area contributed by atoms with Crippen LogP contribution in [0.15, 0.2) is 66.7 Å². The summed E-state index contributed by atoms with van der Waals surface area (Å²) in [5.74, 6) is -0.424. The van der Waals surface area contributed by atoms with E-state index in [1.807, 2.05) is 54.6 Å². The second kappa shape index (κ2) is 8.14. The Hall–Kier alpha value is -3.67. The molecule has 1 amide bonds. The summed E-state index contributed by atoms with van der Waals surface area (Å²) in [5.41, 5.74) is 0.731. The number of para-hydroxylation sites is 1. The Bertz CT molecular complexity index is 900. The fourth-order valence-corrected chi connectivity index (χ4v) is 2.59. The number of nitrogens with one attached hydrogen (secondary N) is 1. The molecular weight excluding hydrogens is 346 g/mol. The van der Waals surface area contributed by atoms with Crippen LogP contribution in [0.3, 0.4) is 0 Å². The van der Waals surface area contributed by atoms with Crippen LogP contribution in [0.4, 0.5) is 0 Å². The Balaban J connectivity index is 1.54. The van der Waals surface area contributed by atoms with Crippen molar-refractivity contribution in [3.8, 4) is 28.7 Å². The second-order valence-corrected chi connectivity index (χ2v) is 5.92. The SMILES string of the molecule is O=C(NCCc1ccc(Oc2ccccc2)cc1)c1c(O)cc(O)cc1O. The van der Waals surface area contributed by atoms with Crippen molar-refractivity contribution in [1.82, 2.24) is 5.32 Å². The Labute approximate surface area is 156 Å². The number of hydrogen-bond donors (Lipinski definition) is 4. The number of carbonyl (C=O) groups is 1. The third-order valence-corrected chi connectivity index (χ3v) is 3.91. The quantitative estimate of drug-likeness (QED) is 0.535. The zero-order chi connectivity index (χ0) is 19.2. The highest BCUT2D eigenvalue weighted by molar-refractivity contribution is 5.99. The lowest BCUT2D eigenvalue weighted by atomic mass is 10.1. The number of phenolic OH excluding ortho intramolecular Hbond substituents is 3. The van der Waals surface area contributed by atoms with Crippen LogP contribution in [-0.4, -0.2) is 27.8 Å². The fourth-order valence-electron chi connectivity index (χ4n) is 2.59. The van der Waals surface area contributed by atoms with Crippen molar-refractivity contribution in [2.75, 3.05) is 6.54 Å². The molecule has 0 atom stereocenters. The third-order valence-electron chi connectivity index (χ3n) is 3.91. The number of hydrogen-bond acceptors (Lipinski definition) is 5. The van der Waals surface area contributed by atoms with Crippen LogP contribution in [0.1, 0.15) is 15.9 Å². The van der Waals surface area contributed by atoms with E-state index in [1.54, 1.807) is 0 Å². The first-order valence-electron chi connectivity index (χ1n) is 8.38. The Morgan fingerprint density at radius 3 is 2.07 bits per heavy atom. The van der Waals surface area contributed by atoms with Crippen LogP contribution in [0, 0.1) is 0 Å². The van der Waals surface area contributed by atoms with E-state index in [9.17, 15) is 20.1 Å². The molecule has 0 fully saturated rings. The molecular formula is C21H19NO5. The van der Waals surface area contributed by atoms with Crippen molar-refractivity contribution in [3.05, 3.63) is 77.9 Å². The summed E-state index contributed by atoms with van der Waals surface area (Å²) in [6.07, 6.45) is 0.566. The fraction of sp³-hybridized carbons (Fsp3) is 0.0952. The molecule has 0 aliphatic heterocycles. The summed E-state index contributed by atoms with van der Waals surface area (Å²) in [4.78, 5) is 12.1. The molecule has 3 aromatic carbocycles. The molecule has 6 nitrogen and oxygen atoms in total. The lowest BCUT2D eigenvalue weighted by Gasteiger charge is -2.10. The van der Waals surface area contributed by atoms with Crippen LogP contribution in [0.2, 0.25) is 0 Å². The maximum absolute atomic E-state index is 12.1. The van der Waals surface area contributed by atoms with Crippen molar-refractivity contribution < 1.29 is 24.9 Å². The summed E-state index contributed by atoms with van der Waals surface area (Å²) >= 11 is 0. The number of amides is 1. The van der Waals surface area contributed by atoms with Gasteiger partial charge in [0, 0.05) is 18.7 Å². The molecule has 3 aromatic rings. The van der Waals surface area contributed by atoms with Gasteiger partial charge < -0.3 is 25.4 Å². The molecule has 0 saturated heterocycles. The highest BCUT2D eigenvalue weighted by atomic mass is 16.5. The molecule has 0 unspecified atom stereocenters. The number of carbonyl (C=O) groups excluding carboxylic acids is 1. The van der Waals surface area contributed by atoms with Gasteiger partial charge in [0.1, 0.15) is 34.3 Å². The molecule has 0 spiro atoms. The molecule has 0 aliphatic carbocycles. The monoisotopic (exact) mass is 365 g/mol. The number of ether oxygens (including phenoxy) is 1. The molecule has 0 saturated carbocycles. The van der Waals surface area contributed by atoms with Crippen LogP contribution < -0.4 is 10.1 Å². The molecule has 0 aliphatic rings. The van der Waals surface area contributed by atoms with Crippen LogP contribution in [0.25, 0.3) is 0 Å². The van der Waals surface area contributed by atoms with E-state index in [4.69, 9.17) is 4.74 Å². The average Bonchev–Trinajstić information content (AvgIpc) is 2.63. The summed E-state index contributed by atoms with van der Waals surface area (Å²) in [6.45, 7) is 0.317. The minimum Gasteiger partial charge on any atom is -0.508 e. The maximum atomic E-state index is 12.1. The molecule has 0 aromatic heterocycles. The van der Waals surface area contributed by atoms with Gasteiger partial charge in [0.25, 0.3) is 5.91 Å². The van der Waals surface area contributed by atoms with Crippen molar-refractivity contribution in [3.63, 3.8) is 0 Å². The predicted molar refractivity (Wildman–Crippen MR) is 100 cm³/mol. The van der Waals surface area contributed by atoms with Gasteiger partial charge in [0.15, 0.2) is 0 Å². The number of aromatic hydroxyl groups is 3. The van der Waals surface area contributed by atoms with E-state index in [0.29, 0.717) is 18.7 Å². The topological polar surface area (TPSA) is 99.0 Å². The third kappa shape index (κ3) is 4.70. The smallest absolute Gasteiger partial charge is 0.258 e. The van der Waals surface area contributed by atoms with Crippen LogP contribution in [-0.2, 0) is 6.42 Å². The molecule has 0 bridgehead atoms. The predicted octanol–water partition coefficient (Wildman–Crippen LogP) is 3.57. The van der Waals surface area contributed by atoms with Gasteiger partial charge in [-0.05, 0) is 36.2 Å². The second-order valence-electron chi connectivity index (χ2n) is 5.92. The first kappa shape index (κ1) is 18.1. The average molecular weight is 365 g/mol. The molecule has 4 N–H and O–H groups in total. The summed E-state index contributed by atoms with van der Waals surface area (Å²) in [6, 6.07) is 19.0. The van der Waals surface area contributed by atoms with Gasteiger partial charge in [0.05, 0.1) is 0 Å². The van der Waals surface area contributed by atoms with E-state index in [2.05, 4.69) is 5.32 Å². The normalized spacial score (nSPS) is 10.4. The van der Waals surface area contributed by atoms with Crippen molar-refractivity contribution in [2.45, 2.75) is 6.42 Å². The molecule has 6 heteroatoms. The van der Waals surface area contributed by atoms with Crippen molar-refractivity contribution >= 4 is 5.91 Å². The largest absolute Gasteiger partial charge is 0.508 e. The van der Waals surface area contributed by atoms with E-state index in [0.717, 1.165) is 23.4 Å². The Kier molecular flexibility index (Phi) is 5.47. The lowest BCUT2D eigenvalue weighted by Crippen LogP contribution is -2.25. The summed E-state index contributed by atoms with van der Waals surface area (Å²) in [7, 11) is 0. The van der Waals surface area contributed by atoms with Crippen molar-refractivity contribution in [2.24, 2.45) is 0 Å². The molecule has 0 heterocycles. The van der Waals surface area contributed by atoms with Crippen LogP contribution in [0.5, 0.6) is 28.7 Å². The summed E-state index contributed by atoms with van der Waals surface area (Å²) < 4.78 is 5.72. The van der Waals surface area contributed by atoms with E-state index in [-0.39, 0.29) is 11.3 Å². The standard InChI is InChI=1S/C21H19NO5/c23-15-12-18(24)20(19(25)13-15)21(26)22-11-10-14-6-8-17(9-7-14)27-16-4-2-1-3-5-16/h1-9,12-13,23-25H,10-11H2,(H,22,26). The minimum absolute atomic E-state index is 0.264. The number of benzene rings is 3. The number of phenols is 3. The summed E-state index contributed by atoms with van der Waals surface area (Å²) in [5, 5.41) is 31.3. The molecule has 138 valence electrons. The first-order chi connectivity index (χ1) is 13.0. The van der Waals surface area contributed by atoms with E-state index < -0.39 is 17.4 Å². The zero-order valence-electron chi connectivity index (χ0n) is 14.4. The van der Waals surface area contributed by atoms with Gasteiger partial charge in [0.2, 0.25) is 0 Å². The van der Waals surface area contributed by atoms with Crippen LogP contribution >= 0.6 is 0 Å².